The van der Waals surface area contributed by atoms with Crippen molar-refractivity contribution in [1.82, 2.24) is 4.98 Å². The number of benzene rings is 1. The van der Waals surface area contributed by atoms with Gasteiger partial charge in [-0.2, -0.15) is 0 Å². The van der Waals surface area contributed by atoms with E-state index < -0.39 is 4.92 Å². The minimum Gasteiger partial charge on any atom is -0.334 e. The highest BCUT2D eigenvalue weighted by Gasteiger charge is 2.16. The molecule has 0 unspecified atom stereocenters. The molecule has 0 aliphatic carbocycles. The molecule has 0 spiro atoms. The Morgan fingerprint density at radius 2 is 2.10 bits per heavy atom. The van der Waals surface area contributed by atoms with Gasteiger partial charge in [-0.1, -0.05) is 17.7 Å². The van der Waals surface area contributed by atoms with Crippen LogP contribution in [0.2, 0.25) is 5.02 Å². The number of aryl methyl sites for hydroxylation is 1. The van der Waals surface area contributed by atoms with E-state index in [4.69, 9.17) is 17.4 Å². The van der Waals surface area contributed by atoms with Crippen molar-refractivity contribution in [1.29, 1.82) is 0 Å². The first-order chi connectivity index (χ1) is 9.51. The van der Waals surface area contributed by atoms with Crippen molar-refractivity contribution in [3.05, 3.63) is 51.0 Å². The van der Waals surface area contributed by atoms with Gasteiger partial charge < -0.3 is 10.7 Å². The monoisotopic (exact) mass is 293 g/mol. The molecule has 1 heterocycles. The largest absolute Gasteiger partial charge is 0.334 e. The maximum Gasteiger partial charge on any atom is 0.311 e. The smallest absolute Gasteiger partial charge is 0.311 e. The summed E-state index contributed by atoms with van der Waals surface area (Å²) in [6.45, 7) is 1.86. The lowest BCUT2D eigenvalue weighted by Gasteiger charge is -2.10. The number of nitrogen functional groups attached to an aromatic ring is 1. The Bertz CT molecular complexity index is 662. The molecular weight excluding hydrogens is 282 g/mol. The molecule has 0 fully saturated rings. The molecule has 20 heavy (non-hydrogen) atoms. The molecule has 1 aromatic carbocycles. The highest BCUT2D eigenvalue weighted by atomic mass is 35.5. The van der Waals surface area contributed by atoms with Crippen LogP contribution in [0.25, 0.3) is 0 Å². The van der Waals surface area contributed by atoms with Gasteiger partial charge in [0.1, 0.15) is 5.82 Å². The highest BCUT2D eigenvalue weighted by molar-refractivity contribution is 6.30. The topological polar surface area (TPSA) is 106 Å². The average Bonchev–Trinajstić information content (AvgIpc) is 2.42. The van der Waals surface area contributed by atoms with Crippen molar-refractivity contribution in [3.63, 3.8) is 0 Å². The fourth-order valence-electron chi connectivity index (χ4n) is 1.63. The van der Waals surface area contributed by atoms with Crippen LogP contribution in [0.4, 0.5) is 23.0 Å². The van der Waals surface area contributed by atoms with E-state index in [1.807, 2.05) is 13.0 Å². The zero-order valence-electron chi connectivity index (χ0n) is 10.6. The average molecular weight is 294 g/mol. The summed E-state index contributed by atoms with van der Waals surface area (Å²) in [5.74, 6) is 5.67. The van der Waals surface area contributed by atoms with Gasteiger partial charge in [0.15, 0.2) is 0 Å². The summed E-state index contributed by atoms with van der Waals surface area (Å²) in [5, 5.41) is 14.4. The minimum atomic E-state index is -0.518. The summed E-state index contributed by atoms with van der Waals surface area (Å²) < 4.78 is 0. The van der Waals surface area contributed by atoms with Crippen LogP contribution in [0, 0.1) is 17.0 Å². The van der Waals surface area contributed by atoms with Gasteiger partial charge in [0.25, 0.3) is 0 Å². The maximum atomic E-state index is 11.0. The van der Waals surface area contributed by atoms with Gasteiger partial charge in [-0.25, -0.2) is 10.8 Å². The lowest BCUT2D eigenvalue weighted by atomic mass is 10.2. The first-order valence-corrected chi connectivity index (χ1v) is 6.04. The molecular formula is C12H12ClN5O2. The van der Waals surface area contributed by atoms with Crippen molar-refractivity contribution in [2.24, 2.45) is 5.84 Å². The number of nitrogens with two attached hydrogens (primary N) is 1. The summed E-state index contributed by atoms with van der Waals surface area (Å²) in [6, 6.07) is 7.96. The molecule has 0 radical (unpaired) electrons. The Morgan fingerprint density at radius 1 is 1.35 bits per heavy atom. The van der Waals surface area contributed by atoms with Gasteiger partial charge in [-0.05, 0) is 30.7 Å². The number of nitro groups is 1. The van der Waals surface area contributed by atoms with Crippen LogP contribution in [0.15, 0.2) is 30.3 Å². The molecule has 2 aromatic rings. The number of aromatic nitrogens is 1. The van der Waals surface area contributed by atoms with Crippen molar-refractivity contribution >= 4 is 34.6 Å². The van der Waals surface area contributed by atoms with Gasteiger partial charge in [0.2, 0.25) is 5.82 Å². The van der Waals surface area contributed by atoms with Crippen LogP contribution in [-0.4, -0.2) is 9.91 Å². The number of anilines is 3. The van der Waals surface area contributed by atoms with E-state index in [0.717, 1.165) is 5.56 Å². The van der Waals surface area contributed by atoms with Crippen molar-refractivity contribution < 1.29 is 4.92 Å². The molecule has 0 bridgehead atoms. The Kier molecular flexibility index (Phi) is 4.02. The summed E-state index contributed by atoms with van der Waals surface area (Å²) in [7, 11) is 0. The Balaban J connectivity index is 2.45. The molecule has 0 saturated carbocycles. The molecule has 0 amide bonds. The molecule has 0 aliphatic rings. The summed E-state index contributed by atoms with van der Waals surface area (Å²) >= 11 is 5.92. The number of nitrogens with zero attached hydrogens (tertiary/aromatic N) is 2. The number of halogens is 1. The van der Waals surface area contributed by atoms with Crippen LogP contribution in [0.3, 0.4) is 0 Å². The highest BCUT2D eigenvalue weighted by Crippen LogP contribution is 2.29. The van der Waals surface area contributed by atoms with E-state index in [1.54, 1.807) is 12.1 Å². The lowest BCUT2D eigenvalue weighted by Crippen LogP contribution is -2.10. The van der Waals surface area contributed by atoms with Crippen LogP contribution in [0.5, 0.6) is 0 Å². The molecule has 0 saturated heterocycles. The number of hydrazine groups is 1. The predicted octanol–water partition coefficient (Wildman–Crippen LogP) is 2.98. The van der Waals surface area contributed by atoms with Crippen molar-refractivity contribution in [3.8, 4) is 0 Å². The Hall–Kier alpha value is -2.38. The summed E-state index contributed by atoms with van der Waals surface area (Å²) in [5.41, 5.74) is 3.72. The van der Waals surface area contributed by atoms with E-state index in [1.165, 1.54) is 12.1 Å². The number of pyridine rings is 1. The molecule has 4 N–H and O–H groups in total. The van der Waals surface area contributed by atoms with Gasteiger partial charge in [0, 0.05) is 16.8 Å². The minimum absolute atomic E-state index is 0.0933. The fourth-order valence-corrected chi connectivity index (χ4v) is 1.80. The van der Waals surface area contributed by atoms with Crippen LogP contribution in [0.1, 0.15) is 5.56 Å². The molecule has 104 valence electrons. The second-order valence-electron chi connectivity index (χ2n) is 4.05. The van der Waals surface area contributed by atoms with E-state index in [2.05, 4.69) is 15.7 Å². The Morgan fingerprint density at radius 3 is 2.75 bits per heavy atom. The third-order valence-electron chi connectivity index (χ3n) is 2.67. The second-order valence-corrected chi connectivity index (χ2v) is 4.49. The number of hydrogen-bond donors (Lipinski definition) is 3. The van der Waals surface area contributed by atoms with Gasteiger partial charge in [-0.3, -0.25) is 10.1 Å². The van der Waals surface area contributed by atoms with E-state index in [9.17, 15) is 10.1 Å². The van der Waals surface area contributed by atoms with Crippen LogP contribution in [-0.2, 0) is 0 Å². The normalized spacial score (nSPS) is 10.2. The van der Waals surface area contributed by atoms with E-state index >= 15 is 0 Å². The van der Waals surface area contributed by atoms with Crippen LogP contribution < -0.4 is 16.6 Å². The molecule has 0 aliphatic heterocycles. The van der Waals surface area contributed by atoms with E-state index in [0.29, 0.717) is 16.5 Å². The SMILES string of the molecule is Cc1ccc(Cl)cc1Nc1nc(NN)ccc1[N+](=O)[O-]. The lowest BCUT2D eigenvalue weighted by molar-refractivity contribution is -0.384. The third kappa shape index (κ3) is 2.95. The molecule has 0 atom stereocenters. The number of rotatable bonds is 4. The third-order valence-corrected chi connectivity index (χ3v) is 2.91. The van der Waals surface area contributed by atoms with E-state index in [-0.39, 0.29) is 11.5 Å². The summed E-state index contributed by atoms with van der Waals surface area (Å²) in [4.78, 5) is 14.5. The Labute approximate surface area is 119 Å². The maximum absolute atomic E-state index is 11.0. The number of hydrogen-bond acceptors (Lipinski definition) is 6. The molecule has 1 aromatic heterocycles. The molecule has 7 nitrogen and oxygen atoms in total. The fraction of sp³-hybridized carbons (Fsp3) is 0.0833. The predicted molar refractivity (Wildman–Crippen MR) is 78.2 cm³/mol. The first-order valence-electron chi connectivity index (χ1n) is 5.66. The molecule has 2 rings (SSSR count). The second kappa shape index (κ2) is 5.72. The van der Waals surface area contributed by atoms with Crippen molar-refractivity contribution in [2.75, 3.05) is 10.7 Å². The van der Waals surface area contributed by atoms with Gasteiger partial charge in [0.05, 0.1) is 4.92 Å². The first kappa shape index (κ1) is 14.0. The van der Waals surface area contributed by atoms with Crippen LogP contribution >= 0.6 is 11.6 Å². The zero-order chi connectivity index (χ0) is 14.7. The number of nitrogens with one attached hydrogen (secondary N) is 2. The van der Waals surface area contributed by atoms with Gasteiger partial charge in [-0.15, -0.1) is 0 Å². The quantitative estimate of drug-likeness (QED) is 0.454. The zero-order valence-corrected chi connectivity index (χ0v) is 11.3. The molecule has 8 heteroatoms. The standard InChI is InChI=1S/C12H12ClN5O2/c1-7-2-3-8(13)6-9(7)15-12-10(18(19)20)4-5-11(16-12)17-14/h2-6H,14H2,1H3,(H2,15,16,17). The van der Waals surface area contributed by atoms with Crippen molar-refractivity contribution in [2.45, 2.75) is 6.92 Å². The van der Waals surface area contributed by atoms with Gasteiger partial charge >= 0.3 is 5.69 Å². The summed E-state index contributed by atoms with van der Waals surface area (Å²) in [6.07, 6.45) is 0.